The molecule has 3 heteroatoms. The molecule has 1 aliphatic carbocycles. The third-order valence-electron chi connectivity index (χ3n) is 5.93. The van der Waals surface area contributed by atoms with Gasteiger partial charge < -0.3 is 4.90 Å². The average molecular weight is 279 g/mol. The van der Waals surface area contributed by atoms with E-state index in [0.29, 0.717) is 5.54 Å². The highest BCUT2D eigenvalue weighted by Crippen LogP contribution is 2.46. The van der Waals surface area contributed by atoms with Crippen LogP contribution < -0.4 is 0 Å². The Morgan fingerprint density at radius 1 is 0.850 bits per heavy atom. The van der Waals surface area contributed by atoms with Crippen LogP contribution in [0.25, 0.3) is 0 Å². The first-order valence-electron chi connectivity index (χ1n) is 8.77. The van der Waals surface area contributed by atoms with E-state index in [2.05, 4.69) is 42.4 Å². The van der Waals surface area contributed by atoms with Crippen molar-refractivity contribution in [3.63, 3.8) is 0 Å². The fourth-order valence-corrected chi connectivity index (χ4v) is 4.50. The number of hydrogen-bond acceptors (Lipinski definition) is 3. The van der Waals surface area contributed by atoms with Gasteiger partial charge in [-0.2, -0.15) is 0 Å². The Morgan fingerprint density at radius 2 is 1.50 bits per heavy atom. The molecule has 1 saturated carbocycles. The second-order valence-electron chi connectivity index (χ2n) is 7.84. The van der Waals surface area contributed by atoms with Crippen LogP contribution >= 0.6 is 0 Å². The lowest BCUT2D eigenvalue weighted by atomic mass is 9.98. The lowest BCUT2D eigenvalue weighted by Crippen LogP contribution is -2.60. The molecule has 1 spiro atoms. The summed E-state index contributed by atoms with van der Waals surface area (Å²) in [7, 11) is 0. The molecule has 3 aliphatic rings. The van der Waals surface area contributed by atoms with Gasteiger partial charge in [0.25, 0.3) is 0 Å². The van der Waals surface area contributed by atoms with Crippen molar-refractivity contribution in [2.24, 2.45) is 0 Å². The summed E-state index contributed by atoms with van der Waals surface area (Å²) in [5, 5.41) is 0. The van der Waals surface area contributed by atoms with Gasteiger partial charge >= 0.3 is 0 Å². The predicted octanol–water partition coefficient (Wildman–Crippen LogP) is 2.42. The molecule has 0 amide bonds. The summed E-state index contributed by atoms with van der Waals surface area (Å²) in [5.41, 5.74) is 0.571. The van der Waals surface area contributed by atoms with E-state index in [1.807, 2.05) is 0 Å². The van der Waals surface area contributed by atoms with E-state index in [1.54, 1.807) is 0 Å². The maximum Gasteiger partial charge on any atom is 0.0341 e. The van der Waals surface area contributed by atoms with Crippen molar-refractivity contribution in [3.05, 3.63) is 0 Å². The smallest absolute Gasteiger partial charge is 0.0341 e. The Labute approximate surface area is 125 Å². The summed E-state index contributed by atoms with van der Waals surface area (Å²) < 4.78 is 0. The van der Waals surface area contributed by atoms with Crippen molar-refractivity contribution < 1.29 is 0 Å². The largest absolute Gasteiger partial charge is 0.301 e. The van der Waals surface area contributed by atoms with E-state index in [4.69, 9.17) is 0 Å². The maximum atomic E-state index is 2.84. The summed E-state index contributed by atoms with van der Waals surface area (Å²) in [5.74, 6) is 0. The highest BCUT2D eigenvalue weighted by atomic mass is 15.4. The van der Waals surface area contributed by atoms with Gasteiger partial charge in [0.05, 0.1) is 0 Å². The summed E-state index contributed by atoms with van der Waals surface area (Å²) in [4.78, 5) is 8.27. The van der Waals surface area contributed by atoms with Crippen LogP contribution in [0.4, 0.5) is 0 Å². The van der Waals surface area contributed by atoms with E-state index >= 15 is 0 Å². The highest BCUT2D eigenvalue weighted by Gasteiger charge is 2.52. The zero-order valence-electron chi connectivity index (χ0n) is 13.9. The Bertz CT molecular complexity index is 327. The van der Waals surface area contributed by atoms with Crippen LogP contribution in [-0.4, -0.2) is 71.1 Å². The molecule has 2 aliphatic heterocycles. The van der Waals surface area contributed by atoms with E-state index in [9.17, 15) is 0 Å². The summed E-state index contributed by atoms with van der Waals surface area (Å²) in [6.45, 7) is 16.0. The third-order valence-corrected chi connectivity index (χ3v) is 5.93. The van der Waals surface area contributed by atoms with Crippen molar-refractivity contribution >= 4 is 0 Å². The third kappa shape index (κ3) is 2.77. The van der Waals surface area contributed by atoms with Crippen molar-refractivity contribution in [2.75, 3.05) is 32.7 Å². The zero-order chi connectivity index (χ0) is 14.3. The van der Waals surface area contributed by atoms with Crippen LogP contribution in [0.1, 0.15) is 53.4 Å². The second kappa shape index (κ2) is 5.58. The summed E-state index contributed by atoms with van der Waals surface area (Å²) in [6, 6.07) is 2.31. The van der Waals surface area contributed by atoms with E-state index in [0.717, 1.165) is 18.1 Å². The number of hydrogen-bond donors (Lipinski definition) is 0. The fourth-order valence-electron chi connectivity index (χ4n) is 4.50. The van der Waals surface area contributed by atoms with Crippen LogP contribution in [0, 0.1) is 0 Å². The van der Waals surface area contributed by atoms with Gasteiger partial charge in [0.15, 0.2) is 0 Å². The molecule has 0 aromatic heterocycles. The minimum absolute atomic E-state index is 0.571. The summed E-state index contributed by atoms with van der Waals surface area (Å²) in [6.07, 6.45) is 5.64. The van der Waals surface area contributed by atoms with Crippen LogP contribution in [0.3, 0.4) is 0 Å². The van der Waals surface area contributed by atoms with Gasteiger partial charge in [0.2, 0.25) is 0 Å². The first kappa shape index (κ1) is 14.8. The molecule has 2 heterocycles. The molecule has 0 aromatic carbocycles. The van der Waals surface area contributed by atoms with Crippen LogP contribution in [0.2, 0.25) is 0 Å². The van der Waals surface area contributed by atoms with Gasteiger partial charge in [-0.05, 0) is 66.5 Å². The number of nitrogens with zero attached hydrogens (tertiary/aromatic N) is 3. The van der Waals surface area contributed by atoms with Crippen molar-refractivity contribution in [3.8, 4) is 0 Å². The molecular weight excluding hydrogens is 246 g/mol. The maximum absolute atomic E-state index is 2.84. The molecule has 20 heavy (non-hydrogen) atoms. The predicted molar refractivity (Wildman–Crippen MR) is 85.1 cm³/mol. The molecule has 2 saturated heterocycles. The van der Waals surface area contributed by atoms with Gasteiger partial charge in [-0.15, -0.1) is 0 Å². The van der Waals surface area contributed by atoms with Crippen molar-refractivity contribution in [1.82, 2.24) is 14.7 Å². The van der Waals surface area contributed by atoms with Crippen molar-refractivity contribution in [2.45, 2.75) is 77.0 Å². The molecule has 3 nitrogen and oxygen atoms in total. The Morgan fingerprint density at radius 3 is 2.00 bits per heavy atom. The minimum atomic E-state index is 0.571. The second-order valence-corrected chi connectivity index (χ2v) is 7.84. The van der Waals surface area contributed by atoms with Gasteiger partial charge in [0.1, 0.15) is 0 Å². The molecule has 116 valence electrons. The topological polar surface area (TPSA) is 9.72 Å². The van der Waals surface area contributed by atoms with Gasteiger partial charge in [0, 0.05) is 43.3 Å². The van der Waals surface area contributed by atoms with Gasteiger partial charge in [-0.25, -0.2) is 0 Å². The molecule has 0 N–H and O–H groups in total. The number of rotatable bonds is 3. The molecule has 0 radical (unpaired) electrons. The lowest BCUT2D eigenvalue weighted by Gasteiger charge is -2.49. The average Bonchev–Trinajstić information content (AvgIpc) is 3.18. The minimum Gasteiger partial charge on any atom is -0.301 e. The SMILES string of the molecule is CC(C)N1CCC(N2CCN(C(C)C)C3(CC3)C2)CC1. The van der Waals surface area contributed by atoms with E-state index in [1.165, 1.54) is 58.4 Å². The molecule has 0 aromatic rings. The molecule has 3 fully saturated rings. The zero-order valence-corrected chi connectivity index (χ0v) is 13.9. The van der Waals surface area contributed by atoms with Gasteiger partial charge in [-0.1, -0.05) is 0 Å². The lowest BCUT2D eigenvalue weighted by molar-refractivity contribution is -0.00292. The van der Waals surface area contributed by atoms with E-state index in [-0.39, 0.29) is 0 Å². The van der Waals surface area contributed by atoms with E-state index < -0.39 is 0 Å². The number of likely N-dealkylation sites (tertiary alicyclic amines) is 1. The normalized spacial score (nSPS) is 29.7. The number of piperidine rings is 1. The monoisotopic (exact) mass is 279 g/mol. The molecule has 3 rings (SSSR count). The molecule has 0 bridgehead atoms. The summed E-state index contributed by atoms with van der Waals surface area (Å²) >= 11 is 0. The first-order chi connectivity index (χ1) is 9.52. The van der Waals surface area contributed by atoms with Crippen LogP contribution in [0.15, 0.2) is 0 Å². The molecule has 0 unspecified atom stereocenters. The Kier molecular flexibility index (Phi) is 4.13. The van der Waals surface area contributed by atoms with Crippen LogP contribution in [-0.2, 0) is 0 Å². The fraction of sp³-hybridized carbons (Fsp3) is 1.00. The Hall–Kier alpha value is -0.120. The Balaban J connectivity index is 1.56. The number of piperazine rings is 1. The van der Waals surface area contributed by atoms with Gasteiger partial charge in [-0.3, -0.25) is 9.80 Å². The molecular formula is C17H33N3. The first-order valence-corrected chi connectivity index (χ1v) is 8.77. The molecule has 0 atom stereocenters. The standard InChI is InChI=1S/C17H33N3/c1-14(2)18-9-5-16(6-10-18)19-11-12-20(15(3)4)17(13-19)7-8-17/h14-16H,5-13H2,1-4H3. The highest BCUT2D eigenvalue weighted by molar-refractivity contribution is 5.10. The van der Waals surface area contributed by atoms with Crippen LogP contribution in [0.5, 0.6) is 0 Å². The van der Waals surface area contributed by atoms with Crippen molar-refractivity contribution in [1.29, 1.82) is 0 Å². The quantitative estimate of drug-likeness (QED) is 0.785.